The molecule has 0 bridgehead atoms. The quantitative estimate of drug-likeness (QED) is 0.834. The Morgan fingerprint density at radius 1 is 1.45 bits per heavy atom. The van der Waals surface area contributed by atoms with Crippen molar-refractivity contribution in [1.82, 2.24) is 5.32 Å². The molecular weight excluding hydrogens is 360 g/mol. The number of alkyl halides is 3. The van der Waals surface area contributed by atoms with Gasteiger partial charge in [0.25, 0.3) is 0 Å². The van der Waals surface area contributed by atoms with Gasteiger partial charge in [-0.3, -0.25) is 4.79 Å². The summed E-state index contributed by atoms with van der Waals surface area (Å²) >= 11 is 9.08. The lowest BCUT2D eigenvalue weighted by Crippen LogP contribution is -2.49. The molecule has 1 atom stereocenters. The number of carbonyl (C=O) groups excluding carboxylic acids is 1. The maximum absolute atomic E-state index is 13.2. The van der Waals surface area contributed by atoms with Gasteiger partial charge < -0.3 is 10.6 Å². The second-order valence-corrected chi connectivity index (χ2v) is 5.91. The zero-order valence-corrected chi connectivity index (χ0v) is 12.5. The summed E-state index contributed by atoms with van der Waals surface area (Å²) in [4.78, 5) is 12.1. The third-order valence-electron chi connectivity index (χ3n) is 3.31. The standard InChI is InChI=1S/C12H11BrClF3N2O/c13-7-1-2-9(8(14)5-7)19-10(20)11(12(15,16)17)3-4-18-6-11/h1-2,5,18H,3-4,6H2,(H,19,20). The molecule has 0 aromatic heterocycles. The minimum Gasteiger partial charge on any atom is -0.324 e. The second kappa shape index (κ2) is 5.54. The average Bonchev–Trinajstić information content (AvgIpc) is 2.82. The van der Waals surface area contributed by atoms with Crippen LogP contribution in [0.1, 0.15) is 6.42 Å². The molecule has 2 N–H and O–H groups in total. The lowest BCUT2D eigenvalue weighted by Gasteiger charge is -2.29. The summed E-state index contributed by atoms with van der Waals surface area (Å²) in [5.74, 6) is -1.08. The number of hydrogen-bond donors (Lipinski definition) is 2. The van der Waals surface area contributed by atoms with Crippen LogP contribution in [0.4, 0.5) is 18.9 Å². The van der Waals surface area contributed by atoms with Gasteiger partial charge in [0, 0.05) is 11.0 Å². The number of rotatable bonds is 2. The zero-order chi connectivity index (χ0) is 15.0. The van der Waals surface area contributed by atoms with Crippen molar-refractivity contribution >= 4 is 39.1 Å². The van der Waals surface area contributed by atoms with Gasteiger partial charge in [-0.1, -0.05) is 27.5 Å². The lowest BCUT2D eigenvalue weighted by atomic mass is 9.85. The fourth-order valence-electron chi connectivity index (χ4n) is 2.09. The summed E-state index contributed by atoms with van der Waals surface area (Å²) in [6, 6.07) is 4.55. The van der Waals surface area contributed by atoms with Crippen LogP contribution in [0.5, 0.6) is 0 Å². The van der Waals surface area contributed by atoms with Gasteiger partial charge >= 0.3 is 6.18 Å². The average molecular weight is 372 g/mol. The number of hydrogen-bond acceptors (Lipinski definition) is 2. The van der Waals surface area contributed by atoms with E-state index in [9.17, 15) is 18.0 Å². The predicted molar refractivity (Wildman–Crippen MR) is 73.8 cm³/mol. The Balaban J connectivity index is 2.26. The maximum atomic E-state index is 13.2. The molecule has 1 fully saturated rings. The van der Waals surface area contributed by atoms with Gasteiger partial charge in [-0.2, -0.15) is 13.2 Å². The molecule has 1 unspecified atom stereocenters. The highest BCUT2D eigenvalue weighted by Crippen LogP contribution is 2.44. The molecule has 0 saturated carbocycles. The topological polar surface area (TPSA) is 41.1 Å². The highest BCUT2D eigenvalue weighted by Gasteiger charge is 2.61. The highest BCUT2D eigenvalue weighted by atomic mass is 79.9. The van der Waals surface area contributed by atoms with Gasteiger partial charge in [0.15, 0.2) is 5.41 Å². The van der Waals surface area contributed by atoms with Crippen LogP contribution in [0, 0.1) is 5.41 Å². The molecule has 20 heavy (non-hydrogen) atoms. The third-order valence-corrected chi connectivity index (χ3v) is 4.12. The molecule has 0 spiro atoms. The van der Waals surface area contributed by atoms with Crippen LogP contribution in [-0.4, -0.2) is 25.2 Å². The van der Waals surface area contributed by atoms with E-state index in [2.05, 4.69) is 26.6 Å². The minimum atomic E-state index is -4.61. The van der Waals surface area contributed by atoms with Crippen LogP contribution in [0.3, 0.4) is 0 Å². The minimum absolute atomic E-state index is 0.154. The number of benzene rings is 1. The first kappa shape index (κ1) is 15.6. The fourth-order valence-corrected chi connectivity index (χ4v) is 2.81. The van der Waals surface area contributed by atoms with Crippen molar-refractivity contribution < 1.29 is 18.0 Å². The van der Waals surface area contributed by atoms with Gasteiger partial charge in [0.2, 0.25) is 5.91 Å². The van der Waals surface area contributed by atoms with Crippen molar-refractivity contribution in [2.24, 2.45) is 5.41 Å². The number of amides is 1. The van der Waals surface area contributed by atoms with E-state index in [0.717, 1.165) is 0 Å². The Morgan fingerprint density at radius 2 is 2.15 bits per heavy atom. The maximum Gasteiger partial charge on any atom is 0.404 e. The Kier molecular flexibility index (Phi) is 4.32. The van der Waals surface area contributed by atoms with E-state index < -0.39 is 24.0 Å². The first-order chi connectivity index (χ1) is 9.26. The molecule has 8 heteroatoms. The Labute approximate surface area is 127 Å². The summed E-state index contributed by atoms with van der Waals surface area (Å²) in [7, 11) is 0. The molecule has 0 radical (unpaired) electrons. The number of carbonyl (C=O) groups is 1. The molecule has 1 amide bonds. The van der Waals surface area contributed by atoms with E-state index in [-0.39, 0.29) is 23.7 Å². The van der Waals surface area contributed by atoms with E-state index in [1.807, 2.05) is 0 Å². The van der Waals surface area contributed by atoms with E-state index in [4.69, 9.17) is 11.6 Å². The van der Waals surface area contributed by atoms with Gasteiger partial charge in [-0.05, 0) is 31.2 Å². The normalized spacial score (nSPS) is 22.9. The van der Waals surface area contributed by atoms with Crippen molar-refractivity contribution in [2.75, 3.05) is 18.4 Å². The Hall–Kier alpha value is -0.790. The number of halogens is 5. The lowest BCUT2D eigenvalue weighted by molar-refractivity contribution is -0.213. The summed E-state index contributed by atoms with van der Waals surface area (Å²) < 4.78 is 40.3. The molecule has 1 saturated heterocycles. The van der Waals surface area contributed by atoms with Crippen LogP contribution in [0.2, 0.25) is 5.02 Å². The van der Waals surface area contributed by atoms with E-state index in [1.54, 1.807) is 6.07 Å². The highest BCUT2D eigenvalue weighted by molar-refractivity contribution is 9.10. The first-order valence-corrected chi connectivity index (χ1v) is 6.97. The summed E-state index contributed by atoms with van der Waals surface area (Å²) in [5, 5.41) is 5.04. The molecule has 0 aliphatic carbocycles. The van der Waals surface area contributed by atoms with Crippen LogP contribution in [0.25, 0.3) is 0 Å². The fraction of sp³-hybridized carbons (Fsp3) is 0.417. The van der Waals surface area contributed by atoms with E-state index in [1.165, 1.54) is 12.1 Å². The van der Waals surface area contributed by atoms with Crippen molar-refractivity contribution in [1.29, 1.82) is 0 Å². The van der Waals surface area contributed by atoms with Crippen molar-refractivity contribution in [3.8, 4) is 0 Å². The molecule has 2 rings (SSSR count). The van der Waals surface area contributed by atoms with Crippen LogP contribution in [0.15, 0.2) is 22.7 Å². The van der Waals surface area contributed by atoms with Crippen molar-refractivity contribution in [3.63, 3.8) is 0 Å². The Morgan fingerprint density at radius 3 is 2.65 bits per heavy atom. The second-order valence-electron chi connectivity index (χ2n) is 4.58. The van der Waals surface area contributed by atoms with Crippen LogP contribution in [-0.2, 0) is 4.79 Å². The number of nitrogens with one attached hydrogen (secondary N) is 2. The third kappa shape index (κ3) is 2.80. The van der Waals surface area contributed by atoms with Crippen molar-refractivity contribution in [3.05, 3.63) is 27.7 Å². The first-order valence-electron chi connectivity index (χ1n) is 5.80. The van der Waals surface area contributed by atoms with Gasteiger partial charge in [0.05, 0.1) is 10.7 Å². The molecular formula is C12H11BrClF3N2O. The smallest absolute Gasteiger partial charge is 0.324 e. The molecule has 1 aromatic rings. The van der Waals surface area contributed by atoms with Gasteiger partial charge in [-0.25, -0.2) is 0 Å². The van der Waals surface area contributed by atoms with Gasteiger partial charge in [-0.15, -0.1) is 0 Å². The summed E-state index contributed by atoms with van der Waals surface area (Å²) in [5.41, 5.74) is -2.24. The number of anilines is 1. The molecule has 1 heterocycles. The molecule has 1 aliphatic rings. The zero-order valence-electron chi connectivity index (χ0n) is 10.2. The summed E-state index contributed by atoms with van der Waals surface area (Å²) in [6.07, 6.45) is -4.89. The largest absolute Gasteiger partial charge is 0.404 e. The monoisotopic (exact) mass is 370 g/mol. The van der Waals surface area contributed by atoms with E-state index >= 15 is 0 Å². The predicted octanol–water partition coefficient (Wildman–Crippen LogP) is 3.58. The molecule has 1 aliphatic heterocycles. The van der Waals surface area contributed by atoms with Gasteiger partial charge in [0.1, 0.15) is 0 Å². The van der Waals surface area contributed by atoms with Crippen LogP contribution < -0.4 is 10.6 Å². The van der Waals surface area contributed by atoms with Crippen LogP contribution >= 0.6 is 27.5 Å². The molecule has 1 aromatic carbocycles. The Bertz CT molecular complexity index is 530. The van der Waals surface area contributed by atoms with Crippen molar-refractivity contribution in [2.45, 2.75) is 12.6 Å². The summed E-state index contributed by atoms with van der Waals surface area (Å²) in [6.45, 7) is -0.266. The van der Waals surface area contributed by atoms with E-state index in [0.29, 0.717) is 4.47 Å². The molecule has 110 valence electrons. The SMILES string of the molecule is O=C(Nc1ccc(Br)cc1Cl)C1(C(F)(F)F)CCNC1. The molecule has 3 nitrogen and oxygen atoms in total.